The van der Waals surface area contributed by atoms with Gasteiger partial charge in [0.25, 0.3) is 10.1 Å². The van der Waals surface area contributed by atoms with Crippen molar-refractivity contribution in [3.05, 3.63) is 29.8 Å². The quantitative estimate of drug-likeness (QED) is 0.326. The zero-order chi connectivity index (χ0) is 15.9. The minimum Gasteiger partial charge on any atom is -0.370 e. The number of aryl methyl sites for hydroxylation is 1. The first-order valence-electron chi connectivity index (χ1n) is 5.43. The van der Waals surface area contributed by atoms with Gasteiger partial charge in [-0.25, -0.2) is 0 Å². The number of nitrogens with two attached hydrogens (primary N) is 2. The second kappa shape index (κ2) is 7.46. The van der Waals surface area contributed by atoms with Gasteiger partial charge in [0, 0.05) is 14.1 Å². The standard InChI is InChI=1S/C7H8O3S.C4H11N5/c1-6-2-4-7(5-3-6)11(8,9)10;1-9(2)4(7)8-3(5)6/h2-5H,1H3,(H,8,9,10);1-2H3,(H5,5,6,7,8). The van der Waals surface area contributed by atoms with Crippen molar-refractivity contribution in [2.75, 3.05) is 14.1 Å². The third-order valence-electron chi connectivity index (χ3n) is 1.98. The number of guanidine groups is 2. The molecule has 1 aromatic carbocycles. The van der Waals surface area contributed by atoms with Crippen molar-refractivity contribution in [1.29, 1.82) is 5.41 Å². The Balaban J connectivity index is 0.000000370. The lowest BCUT2D eigenvalue weighted by Crippen LogP contribution is -2.28. The summed E-state index contributed by atoms with van der Waals surface area (Å²) in [5.74, 6) is -0.0382. The predicted octanol–water partition coefficient (Wildman–Crippen LogP) is -0.00211. The molecule has 9 heteroatoms. The number of hydrogen-bond donors (Lipinski definition) is 4. The van der Waals surface area contributed by atoms with E-state index >= 15 is 0 Å². The molecule has 0 atom stereocenters. The van der Waals surface area contributed by atoms with Crippen LogP contribution in [0.15, 0.2) is 34.2 Å². The summed E-state index contributed by atoms with van der Waals surface area (Å²) in [6, 6.07) is 5.99. The molecule has 0 fully saturated rings. The fourth-order valence-corrected chi connectivity index (χ4v) is 1.41. The smallest absolute Gasteiger partial charge is 0.294 e. The molecule has 0 amide bonds. The topological polar surface area (TPSA) is 146 Å². The van der Waals surface area contributed by atoms with Gasteiger partial charge in [0.05, 0.1) is 4.90 Å². The van der Waals surface area contributed by atoms with Gasteiger partial charge in [-0.15, -0.1) is 0 Å². The molecule has 0 heterocycles. The van der Waals surface area contributed by atoms with Crippen LogP contribution in [0.3, 0.4) is 0 Å². The van der Waals surface area contributed by atoms with Crippen LogP contribution >= 0.6 is 0 Å². The molecule has 0 unspecified atom stereocenters. The molecule has 0 saturated heterocycles. The Kier molecular flexibility index (Phi) is 6.66. The van der Waals surface area contributed by atoms with Crippen molar-refractivity contribution in [2.45, 2.75) is 11.8 Å². The highest BCUT2D eigenvalue weighted by atomic mass is 32.2. The maximum absolute atomic E-state index is 10.5. The highest BCUT2D eigenvalue weighted by Gasteiger charge is 2.06. The summed E-state index contributed by atoms with van der Waals surface area (Å²) in [6.45, 7) is 1.84. The molecule has 8 nitrogen and oxygen atoms in total. The Morgan fingerprint density at radius 1 is 1.25 bits per heavy atom. The van der Waals surface area contributed by atoms with Crippen molar-refractivity contribution in [3.63, 3.8) is 0 Å². The van der Waals surface area contributed by atoms with Gasteiger partial charge in [0.2, 0.25) is 5.96 Å². The molecule has 0 bridgehead atoms. The lowest BCUT2D eigenvalue weighted by Gasteiger charge is -2.07. The third kappa shape index (κ3) is 7.34. The van der Waals surface area contributed by atoms with Crippen LogP contribution in [0.2, 0.25) is 0 Å². The van der Waals surface area contributed by atoms with Crippen molar-refractivity contribution in [1.82, 2.24) is 4.90 Å². The van der Waals surface area contributed by atoms with Crippen LogP contribution in [0, 0.1) is 12.3 Å². The Labute approximate surface area is 118 Å². The molecule has 0 radical (unpaired) electrons. The van der Waals surface area contributed by atoms with Gasteiger partial charge in [-0.2, -0.15) is 13.4 Å². The molecule has 112 valence electrons. The van der Waals surface area contributed by atoms with Crippen LogP contribution in [0.1, 0.15) is 5.56 Å². The molecule has 1 rings (SSSR count). The van der Waals surface area contributed by atoms with Gasteiger partial charge >= 0.3 is 0 Å². The van der Waals surface area contributed by atoms with Crippen LogP contribution in [0.25, 0.3) is 0 Å². The number of nitrogens with zero attached hydrogens (tertiary/aromatic N) is 2. The molecule has 0 spiro atoms. The van der Waals surface area contributed by atoms with E-state index in [4.69, 9.17) is 21.4 Å². The molecular formula is C11H19N5O3S. The SMILES string of the molecule is CN(C)C(=N)N=C(N)N.Cc1ccc(S(=O)(=O)O)cc1. The Bertz CT molecular complexity index is 575. The minimum atomic E-state index is -4.02. The van der Waals surface area contributed by atoms with Crippen molar-refractivity contribution in [2.24, 2.45) is 16.5 Å². The molecule has 6 N–H and O–H groups in total. The Morgan fingerprint density at radius 2 is 1.70 bits per heavy atom. The van der Waals surface area contributed by atoms with E-state index in [-0.39, 0.29) is 16.8 Å². The molecule has 0 aliphatic heterocycles. The first kappa shape index (κ1) is 17.9. The zero-order valence-electron chi connectivity index (χ0n) is 11.5. The van der Waals surface area contributed by atoms with Crippen LogP contribution in [-0.2, 0) is 10.1 Å². The van der Waals surface area contributed by atoms with Gasteiger partial charge < -0.3 is 16.4 Å². The molecule has 0 saturated carbocycles. The van der Waals surface area contributed by atoms with E-state index in [1.165, 1.54) is 17.0 Å². The van der Waals surface area contributed by atoms with Gasteiger partial charge in [-0.3, -0.25) is 9.96 Å². The number of rotatable bonds is 1. The second-order valence-corrected chi connectivity index (χ2v) is 5.46. The second-order valence-electron chi connectivity index (χ2n) is 4.04. The molecule has 0 aliphatic rings. The molecular weight excluding hydrogens is 282 g/mol. The van der Waals surface area contributed by atoms with E-state index < -0.39 is 10.1 Å². The molecule has 20 heavy (non-hydrogen) atoms. The molecule has 0 aliphatic carbocycles. The fraction of sp³-hybridized carbons (Fsp3) is 0.273. The first-order chi connectivity index (χ1) is 9.04. The normalized spacial score (nSPS) is 10.0. The monoisotopic (exact) mass is 301 g/mol. The number of nitrogens with one attached hydrogen (secondary N) is 1. The first-order valence-corrected chi connectivity index (χ1v) is 6.87. The largest absolute Gasteiger partial charge is 0.370 e. The average Bonchev–Trinajstić information content (AvgIpc) is 2.28. The van der Waals surface area contributed by atoms with Gasteiger partial charge in [0.15, 0.2) is 5.96 Å². The highest BCUT2D eigenvalue weighted by Crippen LogP contribution is 2.08. The van der Waals surface area contributed by atoms with E-state index in [1.54, 1.807) is 26.2 Å². The maximum atomic E-state index is 10.5. The van der Waals surface area contributed by atoms with Crippen LogP contribution < -0.4 is 11.5 Å². The number of hydrogen-bond acceptors (Lipinski definition) is 3. The summed E-state index contributed by atoms with van der Waals surface area (Å²) in [4.78, 5) is 4.89. The lowest BCUT2D eigenvalue weighted by molar-refractivity contribution is 0.483. The highest BCUT2D eigenvalue weighted by molar-refractivity contribution is 7.85. The van der Waals surface area contributed by atoms with Gasteiger partial charge in [-0.05, 0) is 19.1 Å². The summed E-state index contributed by atoms with van der Waals surface area (Å²) in [6.07, 6.45) is 0. The molecule has 0 aromatic heterocycles. The molecule has 1 aromatic rings. The van der Waals surface area contributed by atoms with E-state index in [9.17, 15) is 8.42 Å². The van der Waals surface area contributed by atoms with Crippen LogP contribution in [0.4, 0.5) is 0 Å². The van der Waals surface area contributed by atoms with E-state index in [1.807, 2.05) is 6.92 Å². The fourth-order valence-electron chi connectivity index (χ4n) is 0.933. The number of benzene rings is 1. The van der Waals surface area contributed by atoms with E-state index in [2.05, 4.69) is 4.99 Å². The Hall–Kier alpha value is -2.13. The summed E-state index contributed by atoms with van der Waals surface area (Å²) in [5, 5.41) is 7.05. The van der Waals surface area contributed by atoms with Crippen LogP contribution in [-0.4, -0.2) is 43.9 Å². The van der Waals surface area contributed by atoms with Crippen molar-refractivity contribution >= 4 is 22.0 Å². The minimum absolute atomic E-state index is 0.0509. The number of aliphatic imine (C=N–C) groups is 1. The lowest BCUT2D eigenvalue weighted by atomic mass is 10.2. The summed E-state index contributed by atoms with van der Waals surface area (Å²) in [5.41, 5.74) is 10.9. The Morgan fingerprint density at radius 3 is 1.95 bits per heavy atom. The van der Waals surface area contributed by atoms with Crippen molar-refractivity contribution in [3.8, 4) is 0 Å². The zero-order valence-corrected chi connectivity index (χ0v) is 12.3. The van der Waals surface area contributed by atoms with Crippen molar-refractivity contribution < 1.29 is 13.0 Å². The predicted molar refractivity (Wildman–Crippen MR) is 78.2 cm³/mol. The van der Waals surface area contributed by atoms with E-state index in [0.717, 1.165) is 5.56 Å². The third-order valence-corrected chi connectivity index (χ3v) is 2.85. The summed E-state index contributed by atoms with van der Waals surface area (Å²) in [7, 11) is -0.641. The summed E-state index contributed by atoms with van der Waals surface area (Å²) >= 11 is 0. The van der Waals surface area contributed by atoms with Crippen LogP contribution in [0.5, 0.6) is 0 Å². The van der Waals surface area contributed by atoms with Gasteiger partial charge in [0.1, 0.15) is 0 Å². The van der Waals surface area contributed by atoms with E-state index in [0.29, 0.717) is 0 Å². The average molecular weight is 301 g/mol. The maximum Gasteiger partial charge on any atom is 0.294 e. The van der Waals surface area contributed by atoms with Gasteiger partial charge in [-0.1, -0.05) is 17.7 Å². The summed E-state index contributed by atoms with van der Waals surface area (Å²) < 4.78 is 29.6.